The highest BCUT2D eigenvalue weighted by Crippen LogP contribution is 1.96. The van der Waals surface area contributed by atoms with E-state index in [1.54, 1.807) is 4.90 Å². The molecule has 0 unspecified atom stereocenters. The largest absolute Gasteiger partial charge is 0.325 e. The predicted molar refractivity (Wildman–Crippen MR) is 48.5 cm³/mol. The Morgan fingerprint density at radius 1 is 1.83 bits per heavy atom. The zero-order valence-electron chi connectivity index (χ0n) is 7.34. The summed E-state index contributed by atoms with van der Waals surface area (Å²) in [5.41, 5.74) is 1.01. The van der Waals surface area contributed by atoms with Gasteiger partial charge in [-0.2, -0.15) is 0 Å². The Morgan fingerprint density at radius 3 is 3.08 bits per heavy atom. The van der Waals surface area contributed by atoms with E-state index >= 15 is 0 Å². The summed E-state index contributed by atoms with van der Waals surface area (Å²) in [6.07, 6.45) is 3.87. The minimum absolute atomic E-state index is 0.168. The van der Waals surface area contributed by atoms with Crippen LogP contribution in [0.15, 0.2) is 24.3 Å². The maximum absolute atomic E-state index is 11.1. The van der Waals surface area contributed by atoms with Gasteiger partial charge in [0.1, 0.15) is 0 Å². The van der Waals surface area contributed by atoms with Crippen molar-refractivity contribution in [1.29, 1.82) is 0 Å². The molecule has 0 aromatic heterocycles. The smallest absolute Gasteiger partial charge is 0.237 e. The number of rotatable bonds is 3. The zero-order valence-corrected chi connectivity index (χ0v) is 7.34. The molecule has 1 fully saturated rings. The van der Waals surface area contributed by atoms with E-state index in [1.807, 2.05) is 19.1 Å². The van der Waals surface area contributed by atoms with E-state index in [4.69, 9.17) is 0 Å². The second-order valence-electron chi connectivity index (χ2n) is 2.95. The molecule has 0 aliphatic carbocycles. The van der Waals surface area contributed by atoms with Crippen LogP contribution in [0.3, 0.4) is 0 Å². The molecule has 0 saturated carbocycles. The molecule has 1 aliphatic heterocycles. The first-order chi connectivity index (χ1) is 5.70. The minimum atomic E-state index is 0.168. The Hall–Kier alpha value is -1.09. The highest BCUT2D eigenvalue weighted by molar-refractivity contribution is 5.80. The third kappa shape index (κ3) is 2.51. The van der Waals surface area contributed by atoms with Gasteiger partial charge in [0.25, 0.3) is 0 Å². The fourth-order valence-electron chi connectivity index (χ4n) is 1.05. The van der Waals surface area contributed by atoms with Gasteiger partial charge in [0.05, 0.1) is 13.2 Å². The summed E-state index contributed by atoms with van der Waals surface area (Å²) < 4.78 is 0. The molecule has 1 N–H and O–H groups in total. The zero-order chi connectivity index (χ0) is 8.97. The van der Waals surface area contributed by atoms with Crippen molar-refractivity contribution in [3.8, 4) is 0 Å². The van der Waals surface area contributed by atoms with Gasteiger partial charge >= 0.3 is 0 Å². The number of carbonyl (C=O) groups excluding carboxylic acids is 1. The third-order valence-electron chi connectivity index (χ3n) is 1.66. The van der Waals surface area contributed by atoms with Crippen LogP contribution in [0.1, 0.15) is 6.92 Å². The maximum Gasteiger partial charge on any atom is 0.237 e. The van der Waals surface area contributed by atoms with Crippen molar-refractivity contribution in [2.24, 2.45) is 0 Å². The fourth-order valence-corrected chi connectivity index (χ4v) is 1.05. The molecule has 12 heavy (non-hydrogen) atoms. The van der Waals surface area contributed by atoms with Crippen LogP contribution in [0.25, 0.3) is 0 Å². The van der Waals surface area contributed by atoms with Crippen LogP contribution in [-0.4, -0.2) is 30.6 Å². The first-order valence-corrected chi connectivity index (χ1v) is 4.00. The number of amides is 1. The van der Waals surface area contributed by atoms with Gasteiger partial charge in [-0.3, -0.25) is 10.1 Å². The number of carbonyl (C=O) groups is 1. The summed E-state index contributed by atoms with van der Waals surface area (Å²) in [6, 6.07) is 0. The lowest BCUT2D eigenvalue weighted by Gasteiger charge is -2.10. The van der Waals surface area contributed by atoms with Crippen molar-refractivity contribution in [3.63, 3.8) is 0 Å². The standard InChI is InChI=1S/C9H14N2O/c1-8(2)4-3-5-11-7-10-6-9(11)12/h3-4,10H,1,5-7H2,2H3/b4-3+. The summed E-state index contributed by atoms with van der Waals surface area (Å²) in [5.74, 6) is 0.168. The first kappa shape index (κ1) is 9.00. The van der Waals surface area contributed by atoms with E-state index in [1.165, 1.54) is 0 Å². The molecular formula is C9H14N2O. The number of nitrogens with one attached hydrogen (secondary N) is 1. The Kier molecular flexibility index (Phi) is 3.05. The second kappa shape index (κ2) is 4.07. The van der Waals surface area contributed by atoms with Crippen molar-refractivity contribution in [3.05, 3.63) is 24.3 Å². The molecule has 0 aromatic rings. The van der Waals surface area contributed by atoms with Crippen LogP contribution < -0.4 is 5.32 Å². The number of allylic oxidation sites excluding steroid dienone is 2. The van der Waals surface area contributed by atoms with Gasteiger partial charge in [0.2, 0.25) is 5.91 Å². The Labute approximate surface area is 72.7 Å². The van der Waals surface area contributed by atoms with E-state index in [0.717, 1.165) is 5.57 Å². The van der Waals surface area contributed by atoms with Crippen LogP contribution in [0.4, 0.5) is 0 Å². The van der Waals surface area contributed by atoms with E-state index in [2.05, 4.69) is 11.9 Å². The lowest BCUT2D eigenvalue weighted by atomic mass is 10.3. The molecule has 1 saturated heterocycles. The molecule has 1 amide bonds. The Balaban J connectivity index is 2.31. The SMILES string of the molecule is C=C(C)/C=C/CN1CNCC1=O. The molecule has 3 nitrogen and oxygen atoms in total. The van der Waals surface area contributed by atoms with Crippen molar-refractivity contribution < 1.29 is 4.79 Å². The summed E-state index contributed by atoms with van der Waals surface area (Å²) in [5, 5.41) is 2.98. The van der Waals surface area contributed by atoms with Crippen molar-refractivity contribution in [2.75, 3.05) is 19.8 Å². The molecule has 0 bridgehead atoms. The van der Waals surface area contributed by atoms with E-state index in [0.29, 0.717) is 19.8 Å². The number of nitrogens with zero attached hydrogens (tertiary/aromatic N) is 1. The summed E-state index contributed by atoms with van der Waals surface area (Å²) in [4.78, 5) is 12.8. The average molecular weight is 166 g/mol. The molecule has 3 heteroatoms. The molecule has 0 spiro atoms. The lowest BCUT2D eigenvalue weighted by Crippen LogP contribution is -2.26. The maximum atomic E-state index is 11.1. The van der Waals surface area contributed by atoms with Gasteiger partial charge in [0.15, 0.2) is 0 Å². The molecular weight excluding hydrogens is 152 g/mol. The highest BCUT2D eigenvalue weighted by Gasteiger charge is 2.17. The van der Waals surface area contributed by atoms with Crippen molar-refractivity contribution >= 4 is 5.91 Å². The van der Waals surface area contributed by atoms with Crippen LogP contribution in [0.5, 0.6) is 0 Å². The molecule has 1 rings (SSSR count). The molecule has 1 heterocycles. The average Bonchev–Trinajstić information content (AvgIpc) is 2.36. The number of hydrogen-bond acceptors (Lipinski definition) is 2. The van der Waals surface area contributed by atoms with Crippen LogP contribution in [0.2, 0.25) is 0 Å². The van der Waals surface area contributed by atoms with Gasteiger partial charge in [-0.1, -0.05) is 24.3 Å². The summed E-state index contributed by atoms with van der Waals surface area (Å²) in [7, 11) is 0. The van der Waals surface area contributed by atoms with Crippen molar-refractivity contribution in [1.82, 2.24) is 10.2 Å². The predicted octanol–water partition coefficient (Wildman–Crippen LogP) is 0.508. The van der Waals surface area contributed by atoms with Crippen LogP contribution >= 0.6 is 0 Å². The quantitative estimate of drug-likeness (QED) is 0.619. The molecule has 0 radical (unpaired) electrons. The summed E-state index contributed by atoms with van der Waals surface area (Å²) in [6.45, 7) is 7.48. The van der Waals surface area contributed by atoms with Gasteiger partial charge in [-0.15, -0.1) is 0 Å². The lowest BCUT2D eigenvalue weighted by molar-refractivity contribution is -0.126. The Morgan fingerprint density at radius 2 is 2.58 bits per heavy atom. The molecule has 66 valence electrons. The third-order valence-corrected chi connectivity index (χ3v) is 1.66. The fraction of sp³-hybridized carbons (Fsp3) is 0.444. The monoisotopic (exact) mass is 166 g/mol. The molecule has 1 aliphatic rings. The highest BCUT2D eigenvalue weighted by atomic mass is 16.2. The van der Waals surface area contributed by atoms with Crippen molar-refractivity contribution in [2.45, 2.75) is 6.92 Å². The van der Waals surface area contributed by atoms with Gasteiger partial charge in [-0.25, -0.2) is 0 Å². The van der Waals surface area contributed by atoms with Gasteiger partial charge in [0, 0.05) is 6.54 Å². The minimum Gasteiger partial charge on any atom is -0.325 e. The molecule has 0 aromatic carbocycles. The normalized spacial score (nSPS) is 17.8. The molecule has 0 atom stereocenters. The van der Waals surface area contributed by atoms with Crippen LogP contribution in [-0.2, 0) is 4.79 Å². The topological polar surface area (TPSA) is 32.3 Å². The second-order valence-corrected chi connectivity index (χ2v) is 2.95. The van der Waals surface area contributed by atoms with E-state index in [-0.39, 0.29) is 5.91 Å². The van der Waals surface area contributed by atoms with E-state index < -0.39 is 0 Å². The van der Waals surface area contributed by atoms with Gasteiger partial charge < -0.3 is 4.90 Å². The first-order valence-electron chi connectivity index (χ1n) is 4.00. The van der Waals surface area contributed by atoms with Crippen LogP contribution in [0, 0.1) is 0 Å². The number of hydrogen-bond donors (Lipinski definition) is 1. The van der Waals surface area contributed by atoms with Gasteiger partial charge in [-0.05, 0) is 6.92 Å². The summed E-state index contributed by atoms with van der Waals surface area (Å²) >= 11 is 0. The van der Waals surface area contributed by atoms with E-state index in [9.17, 15) is 4.79 Å². The Bertz CT molecular complexity index is 221.